The van der Waals surface area contributed by atoms with Crippen molar-refractivity contribution in [1.82, 2.24) is 29.9 Å². The molecule has 0 amide bonds. The molecule has 5 aromatic rings. The van der Waals surface area contributed by atoms with E-state index < -0.39 is 0 Å². The number of thiazole rings is 1. The van der Waals surface area contributed by atoms with Crippen LogP contribution >= 0.6 is 11.3 Å². The number of fused-ring (bicyclic) bond motifs is 2. The molecule has 6 rings (SSSR count). The molecule has 0 atom stereocenters. The molecule has 1 aliphatic rings. The van der Waals surface area contributed by atoms with Crippen molar-refractivity contribution in [3.63, 3.8) is 0 Å². The molecule has 1 saturated heterocycles. The van der Waals surface area contributed by atoms with E-state index in [0.29, 0.717) is 6.04 Å². The lowest BCUT2D eigenvalue weighted by molar-refractivity contribution is 0.367. The van der Waals surface area contributed by atoms with Crippen molar-refractivity contribution in [3.05, 3.63) is 60.9 Å². The summed E-state index contributed by atoms with van der Waals surface area (Å²) in [7, 11) is 0. The van der Waals surface area contributed by atoms with Crippen molar-refractivity contribution in [2.45, 2.75) is 18.9 Å². The van der Waals surface area contributed by atoms with Gasteiger partial charge in [-0.05, 0) is 37.1 Å². The molecule has 3 aromatic heterocycles. The summed E-state index contributed by atoms with van der Waals surface area (Å²) in [4.78, 5) is 16.0. The molecule has 30 heavy (non-hydrogen) atoms. The van der Waals surface area contributed by atoms with Gasteiger partial charge in [0.2, 0.25) is 5.95 Å². The first-order chi connectivity index (χ1) is 14.8. The van der Waals surface area contributed by atoms with E-state index in [9.17, 15) is 0 Å². The highest BCUT2D eigenvalue weighted by Gasteiger charge is 2.24. The summed E-state index contributed by atoms with van der Waals surface area (Å²) in [6.45, 7) is 1.76. The Morgan fingerprint density at radius 1 is 0.967 bits per heavy atom. The zero-order valence-electron chi connectivity index (χ0n) is 16.1. The summed E-state index contributed by atoms with van der Waals surface area (Å²) in [6, 6.07) is 16.6. The van der Waals surface area contributed by atoms with Crippen LogP contribution in [0, 0.1) is 6.20 Å². The third-order valence-corrected chi connectivity index (χ3v) is 6.65. The van der Waals surface area contributed by atoms with Gasteiger partial charge in [-0.2, -0.15) is 0 Å². The molecular weight excluding hydrogens is 394 g/mol. The highest BCUT2D eigenvalue weighted by atomic mass is 32.1. The fourth-order valence-electron chi connectivity index (χ4n) is 4.00. The number of anilines is 1. The number of rotatable bonds is 3. The van der Waals surface area contributed by atoms with E-state index in [2.05, 4.69) is 53.2 Å². The SMILES string of the molecule is [c]1nc(N2CCC(n3nnc4ccccc43)CC2)ncc1-c1nc2ccccc2s1. The minimum atomic E-state index is 0.347. The van der Waals surface area contributed by atoms with Crippen molar-refractivity contribution in [3.8, 4) is 10.6 Å². The molecule has 0 unspecified atom stereocenters. The lowest BCUT2D eigenvalue weighted by atomic mass is 10.1. The first-order valence-electron chi connectivity index (χ1n) is 10.0. The molecule has 147 valence electrons. The largest absolute Gasteiger partial charge is 0.341 e. The van der Waals surface area contributed by atoms with Crippen molar-refractivity contribution in [2.24, 2.45) is 0 Å². The van der Waals surface area contributed by atoms with E-state index in [1.807, 2.05) is 42.6 Å². The maximum absolute atomic E-state index is 4.67. The van der Waals surface area contributed by atoms with E-state index in [1.54, 1.807) is 11.3 Å². The molecule has 4 heterocycles. The fourth-order valence-corrected chi connectivity index (χ4v) is 4.93. The first-order valence-corrected chi connectivity index (χ1v) is 10.8. The minimum absolute atomic E-state index is 0.347. The summed E-state index contributed by atoms with van der Waals surface area (Å²) >= 11 is 1.64. The van der Waals surface area contributed by atoms with Gasteiger partial charge in [-0.15, -0.1) is 16.4 Å². The quantitative estimate of drug-likeness (QED) is 0.443. The average Bonchev–Trinajstić information content (AvgIpc) is 3.44. The molecule has 0 spiro atoms. The summed E-state index contributed by atoms with van der Waals surface area (Å²) in [6.07, 6.45) is 6.94. The van der Waals surface area contributed by atoms with E-state index in [1.165, 1.54) is 0 Å². The summed E-state index contributed by atoms with van der Waals surface area (Å²) in [5.74, 6) is 0.724. The molecule has 0 aliphatic carbocycles. The van der Waals surface area contributed by atoms with Crippen LogP contribution in [0.25, 0.3) is 31.8 Å². The lowest BCUT2D eigenvalue weighted by Crippen LogP contribution is -2.36. The average molecular weight is 413 g/mol. The molecule has 7 nitrogen and oxygen atoms in total. The normalized spacial score (nSPS) is 15.3. The van der Waals surface area contributed by atoms with Crippen LogP contribution in [0.15, 0.2) is 54.7 Å². The second kappa shape index (κ2) is 7.14. The van der Waals surface area contributed by atoms with E-state index in [4.69, 9.17) is 0 Å². The van der Waals surface area contributed by atoms with Gasteiger partial charge in [0.05, 0.1) is 27.3 Å². The van der Waals surface area contributed by atoms with Crippen molar-refractivity contribution < 1.29 is 0 Å². The van der Waals surface area contributed by atoms with Crippen LogP contribution in [-0.4, -0.2) is 43.0 Å². The first kappa shape index (κ1) is 17.5. The third-order valence-electron chi connectivity index (χ3n) is 5.58. The molecule has 1 radical (unpaired) electrons. The smallest absolute Gasteiger partial charge is 0.225 e. The van der Waals surface area contributed by atoms with Crippen LogP contribution < -0.4 is 4.90 Å². The van der Waals surface area contributed by atoms with Gasteiger partial charge < -0.3 is 4.90 Å². The molecule has 0 bridgehead atoms. The Labute approximate surface area is 177 Å². The maximum atomic E-state index is 4.67. The molecule has 1 aliphatic heterocycles. The number of para-hydroxylation sites is 2. The Kier molecular flexibility index (Phi) is 4.16. The van der Waals surface area contributed by atoms with Gasteiger partial charge in [-0.3, -0.25) is 0 Å². The number of piperidine rings is 1. The molecule has 0 saturated carbocycles. The Hall–Kier alpha value is -3.39. The zero-order valence-corrected chi connectivity index (χ0v) is 17.0. The standard InChI is InChI=1S/C22H18N7S/c1-3-7-19-17(5-1)26-27-29(19)16-9-11-28(12-10-16)22-23-13-15(14-24-22)21-25-18-6-2-4-8-20(18)30-21/h1-8,13,16H,9-12H2. The van der Waals surface area contributed by atoms with Crippen LogP contribution in [0.4, 0.5) is 5.95 Å². The van der Waals surface area contributed by atoms with Gasteiger partial charge in [-0.1, -0.05) is 29.5 Å². The Balaban J connectivity index is 1.17. The summed E-state index contributed by atoms with van der Waals surface area (Å²) < 4.78 is 3.23. The fraction of sp³-hybridized carbons (Fsp3) is 0.227. The van der Waals surface area contributed by atoms with Crippen molar-refractivity contribution in [2.75, 3.05) is 18.0 Å². The predicted molar refractivity (Wildman–Crippen MR) is 117 cm³/mol. The van der Waals surface area contributed by atoms with Crippen LogP contribution in [0.1, 0.15) is 18.9 Å². The summed E-state index contributed by atoms with van der Waals surface area (Å²) in [5, 5.41) is 9.58. The van der Waals surface area contributed by atoms with Crippen molar-refractivity contribution >= 4 is 38.5 Å². The highest BCUT2D eigenvalue weighted by Crippen LogP contribution is 2.30. The van der Waals surface area contributed by atoms with Gasteiger partial charge in [0.25, 0.3) is 0 Å². The third kappa shape index (κ3) is 3.00. The van der Waals surface area contributed by atoms with E-state index in [-0.39, 0.29) is 0 Å². The zero-order chi connectivity index (χ0) is 19.9. The Morgan fingerprint density at radius 3 is 2.57 bits per heavy atom. The van der Waals surface area contributed by atoms with Gasteiger partial charge in [0.1, 0.15) is 16.7 Å². The molecule has 0 N–H and O–H groups in total. The molecular formula is C22H18N7S. The lowest BCUT2D eigenvalue weighted by Gasteiger charge is -2.32. The Morgan fingerprint density at radius 2 is 1.77 bits per heavy atom. The van der Waals surface area contributed by atoms with Crippen LogP contribution in [0.5, 0.6) is 0 Å². The van der Waals surface area contributed by atoms with Gasteiger partial charge in [-0.25, -0.2) is 19.6 Å². The van der Waals surface area contributed by atoms with Gasteiger partial charge >= 0.3 is 0 Å². The molecule has 2 aromatic carbocycles. The van der Waals surface area contributed by atoms with Crippen LogP contribution in [-0.2, 0) is 0 Å². The van der Waals surface area contributed by atoms with E-state index >= 15 is 0 Å². The topological polar surface area (TPSA) is 72.6 Å². The second-order valence-electron chi connectivity index (χ2n) is 7.42. The number of benzene rings is 2. The van der Waals surface area contributed by atoms with Crippen molar-refractivity contribution in [1.29, 1.82) is 0 Å². The number of nitrogens with zero attached hydrogens (tertiary/aromatic N) is 7. The Bertz CT molecular complexity index is 1280. The number of hydrogen-bond acceptors (Lipinski definition) is 7. The predicted octanol–water partition coefficient (Wildman–Crippen LogP) is 4.14. The van der Waals surface area contributed by atoms with Crippen LogP contribution in [0.3, 0.4) is 0 Å². The summed E-state index contributed by atoms with van der Waals surface area (Å²) in [5.41, 5.74) is 3.88. The molecule has 1 fully saturated rings. The van der Waals surface area contributed by atoms with Gasteiger partial charge in [0, 0.05) is 19.3 Å². The van der Waals surface area contributed by atoms with Gasteiger partial charge in [0.15, 0.2) is 0 Å². The number of aromatic nitrogens is 6. The second-order valence-corrected chi connectivity index (χ2v) is 8.45. The molecule has 8 heteroatoms. The minimum Gasteiger partial charge on any atom is -0.341 e. The number of hydrogen-bond donors (Lipinski definition) is 0. The monoisotopic (exact) mass is 412 g/mol. The van der Waals surface area contributed by atoms with Crippen LogP contribution in [0.2, 0.25) is 0 Å². The highest BCUT2D eigenvalue weighted by molar-refractivity contribution is 7.21. The van der Waals surface area contributed by atoms with E-state index in [0.717, 1.165) is 63.7 Å². The maximum Gasteiger partial charge on any atom is 0.225 e.